The third-order valence-electron chi connectivity index (χ3n) is 4.68. The number of nitrogens with one attached hydrogen (secondary N) is 1. The Morgan fingerprint density at radius 3 is 2.63 bits per heavy atom. The molecule has 160 valence electrons. The number of fused-ring (bicyclic) bond motifs is 1. The maximum Gasteiger partial charge on any atom is 0.469 e. The van der Waals surface area contributed by atoms with Gasteiger partial charge in [-0.1, -0.05) is 30.3 Å². The van der Waals surface area contributed by atoms with Crippen molar-refractivity contribution < 1.29 is 33.8 Å². The number of phosphoric acid groups is 1. The van der Waals surface area contributed by atoms with E-state index in [1.807, 2.05) is 30.3 Å². The first-order chi connectivity index (χ1) is 14.3. The van der Waals surface area contributed by atoms with Crippen molar-refractivity contribution in [2.75, 3.05) is 11.9 Å². The predicted octanol–water partition coefficient (Wildman–Crippen LogP) is 0.167. The van der Waals surface area contributed by atoms with Gasteiger partial charge in [-0.2, -0.15) is 0 Å². The summed E-state index contributed by atoms with van der Waals surface area (Å²) in [7, 11) is -4.74. The van der Waals surface area contributed by atoms with Crippen LogP contribution in [-0.2, 0) is 20.4 Å². The number of aromatic nitrogens is 4. The van der Waals surface area contributed by atoms with E-state index < -0.39 is 39.0 Å². The fourth-order valence-electron chi connectivity index (χ4n) is 3.22. The molecule has 0 saturated carbocycles. The van der Waals surface area contributed by atoms with Gasteiger partial charge in [-0.15, -0.1) is 0 Å². The molecular weight excluding hydrogens is 417 g/mol. The fourth-order valence-corrected chi connectivity index (χ4v) is 3.56. The van der Waals surface area contributed by atoms with E-state index in [4.69, 9.17) is 14.5 Å². The van der Waals surface area contributed by atoms with Gasteiger partial charge in [-0.25, -0.2) is 19.5 Å². The Hall–Kier alpha value is -2.44. The smallest absolute Gasteiger partial charge is 0.387 e. The first-order valence-corrected chi connectivity index (χ1v) is 10.5. The van der Waals surface area contributed by atoms with Gasteiger partial charge < -0.3 is 30.1 Å². The van der Waals surface area contributed by atoms with E-state index in [1.54, 1.807) is 0 Å². The van der Waals surface area contributed by atoms with E-state index in [0.717, 1.165) is 5.56 Å². The summed E-state index contributed by atoms with van der Waals surface area (Å²) in [5, 5.41) is 23.7. The number of ether oxygens (including phenoxy) is 1. The van der Waals surface area contributed by atoms with Gasteiger partial charge in [0.15, 0.2) is 23.2 Å². The molecule has 1 aromatic carbocycles. The average Bonchev–Trinajstić information content (AvgIpc) is 3.27. The largest absolute Gasteiger partial charge is 0.469 e. The number of aliphatic hydroxyl groups is 2. The first-order valence-electron chi connectivity index (χ1n) is 9.00. The van der Waals surface area contributed by atoms with Crippen molar-refractivity contribution in [2.45, 2.75) is 31.1 Å². The van der Waals surface area contributed by atoms with Crippen LogP contribution in [0, 0.1) is 0 Å². The molecular formula is C17H20N5O7P. The second-order valence-electron chi connectivity index (χ2n) is 6.72. The zero-order chi connectivity index (χ0) is 21.3. The van der Waals surface area contributed by atoms with Gasteiger partial charge in [0.25, 0.3) is 0 Å². The first kappa shape index (κ1) is 20.8. The summed E-state index contributed by atoms with van der Waals surface area (Å²) in [5.41, 5.74) is 1.84. The summed E-state index contributed by atoms with van der Waals surface area (Å²) >= 11 is 0. The Kier molecular flexibility index (Phi) is 5.80. The molecule has 0 amide bonds. The molecule has 0 bridgehead atoms. The summed E-state index contributed by atoms with van der Waals surface area (Å²) in [6.07, 6.45) is -2.31. The summed E-state index contributed by atoms with van der Waals surface area (Å²) in [5.74, 6) is 0.483. The van der Waals surface area contributed by atoms with Gasteiger partial charge >= 0.3 is 7.82 Å². The molecule has 0 unspecified atom stereocenters. The van der Waals surface area contributed by atoms with Gasteiger partial charge in [-0.05, 0) is 5.56 Å². The predicted molar refractivity (Wildman–Crippen MR) is 103 cm³/mol. The fraction of sp³-hybridized carbons (Fsp3) is 0.353. The normalized spacial score (nSPS) is 24.4. The molecule has 1 fully saturated rings. The highest BCUT2D eigenvalue weighted by Gasteiger charge is 2.45. The number of hydrogen-bond acceptors (Lipinski definition) is 9. The van der Waals surface area contributed by atoms with E-state index in [9.17, 15) is 14.8 Å². The zero-order valence-corrected chi connectivity index (χ0v) is 16.4. The third-order valence-corrected chi connectivity index (χ3v) is 5.17. The molecule has 0 spiro atoms. The van der Waals surface area contributed by atoms with Crippen molar-refractivity contribution in [1.29, 1.82) is 0 Å². The van der Waals surface area contributed by atoms with E-state index in [2.05, 4.69) is 24.8 Å². The highest BCUT2D eigenvalue weighted by atomic mass is 31.2. The van der Waals surface area contributed by atoms with Gasteiger partial charge in [0.2, 0.25) is 0 Å². The molecule has 1 saturated heterocycles. The van der Waals surface area contributed by atoms with Crippen molar-refractivity contribution in [1.82, 2.24) is 19.5 Å². The third kappa shape index (κ3) is 4.35. The van der Waals surface area contributed by atoms with Crippen LogP contribution in [0.25, 0.3) is 11.2 Å². The molecule has 12 nitrogen and oxygen atoms in total. The van der Waals surface area contributed by atoms with E-state index in [0.29, 0.717) is 23.5 Å². The van der Waals surface area contributed by atoms with E-state index in [-0.39, 0.29) is 0 Å². The minimum Gasteiger partial charge on any atom is -0.387 e. The van der Waals surface area contributed by atoms with Crippen molar-refractivity contribution in [3.63, 3.8) is 0 Å². The quantitative estimate of drug-likeness (QED) is 0.319. The number of rotatable bonds is 7. The van der Waals surface area contributed by atoms with Crippen LogP contribution in [0.3, 0.4) is 0 Å². The minimum atomic E-state index is -4.74. The number of nitrogens with zero attached hydrogens (tertiary/aromatic N) is 4. The topological polar surface area (TPSA) is 172 Å². The van der Waals surface area contributed by atoms with Crippen LogP contribution in [0.4, 0.5) is 5.82 Å². The molecule has 5 N–H and O–H groups in total. The Morgan fingerprint density at radius 2 is 1.90 bits per heavy atom. The van der Waals surface area contributed by atoms with Gasteiger partial charge in [0.05, 0.1) is 12.9 Å². The monoisotopic (exact) mass is 437 g/mol. The minimum absolute atomic E-state index is 0.355. The molecule has 1 aliphatic heterocycles. The number of anilines is 1. The molecule has 2 aromatic heterocycles. The SMILES string of the molecule is O=P(O)(O)OC[C@@H]1O[C@@H](n2cnc3c(NCc4ccccc4)ncnc32)[C@H](O)[C@@H]1O. The Morgan fingerprint density at radius 1 is 1.13 bits per heavy atom. The number of phosphoric ester groups is 1. The van der Waals surface area contributed by atoms with E-state index in [1.165, 1.54) is 17.2 Å². The zero-order valence-electron chi connectivity index (χ0n) is 15.5. The van der Waals surface area contributed by atoms with Crippen molar-refractivity contribution in [2.24, 2.45) is 0 Å². The van der Waals surface area contributed by atoms with Crippen molar-refractivity contribution >= 4 is 24.8 Å². The maximum atomic E-state index is 10.9. The van der Waals surface area contributed by atoms with Gasteiger partial charge in [-0.3, -0.25) is 9.09 Å². The van der Waals surface area contributed by atoms with Crippen LogP contribution in [-0.4, -0.2) is 64.4 Å². The molecule has 0 radical (unpaired) electrons. The Bertz CT molecular complexity index is 1060. The summed E-state index contributed by atoms with van der Waals surface area (Å²) in [6.45, 7) is -0.0760. The van der Waals surface area contributed by atoms with E-state index >= 15 is 0 Å². The summed E-state index contributed by atoms with van der Waals surface area (Å²) in [6, 6.07) is 9.71. The maximum absolute atomic E-state index is 10.9. The standard InChI is InChI=1S/C17H20N5O7P/c23-13-11(7-28-30(25,26)27)29-17(14(13)24)22-9-21-12-15(19-8-20-16(12)22)18-6-10-4-2-1-3-5-10/h1-5,8-9,11,13-14,17,23-24H,6-7H2,(H,18,19,20)(H2,25,26,27)/t11-,13+,14+,17+/m0/s1. The lowest BCUT2D eigenvalue weighted by molar-refractivity contribution is -0.0504. The van der Waals surface area contributed by atoms with Crippen LogP contribution >= 0.6 is 7.82 Å². The van der Waals surface area contributed by atoms with Crippen LogP contribution < -0.4 is 5.32 Å². The number of benzene rings is 1. The molecule has 3 heterocycles. The summed E-state index contributed by atoms with van der Waals surface area (Å²) < 4.78 is 22.3. The van der Waals surface area contributed by atoms with Crippen molar-refractivity contribution in [3.05, 3.63) is 48.5 Å². The van der Waals surface area contributed by atoms with Gasteiger partial charge in [0, 0.05) is 6.54 Å². The van der Waals surface area contributed by atoms with Crippen molar-refractivity contribution in [3.8, 4) is 0 Å². The number of imidazole rings is 1. The molecule has 0 aliphatic carbocycles. The Balaban J connectivity index is 1.54. The second-order valence-corrected chi connectivity index (χ2v) is 7.96. The second kappa shape index (κ2) is 8.36. The molecule has 4 atom stereocenters. The lowest BCUT2D eigenvalue weighted by Gasteiger charge is -2.16. The average molecular weight is 437 g/mol. The molecule has 30 heavy (non-hydrogen) atoms. The molecule has 4 rings (SSSR count). The highest BCUT2D eigenvalue weighted by molar-refractivity contribution is 7.46. The van der Waals surface area contributed by atoms with Crippen LogP contribution in [0.2, 0.25) is 0 Å². The number of aliphatic hydroxyl groups excluding tert-OH is 2. The highest BCUT2D eigenvalue weighted by Crippen LogP contribution is 2.38. The van der Waals surface area contributed by atoms with Gasteiger partial charge in [0.1, 0.15) is 24.6 Å². The lowest BCUT2D eigenvalue weighted by Crippen LogP contribution is -2.33. The lowest BCUT2D eigenvalue weighted by atomic mass is 10.1. The Labute approximate surface area is 170 Å². The molecule has 3 aromatic rings. The molecule has 1 aliphatic rings. The van der Waals surface area contributed by atoms with Crippen LogP contribution in [0.15, 0.2) is 43.0 Å². The van der Waals surface area contributed by atoms with Crippen LogP contribution in [0.5, 0.6) is 0 Å². The number of hydrogen-bond donors (Lipinski definition) is 5. The van der Waals surface area contributed by atoms with Crippen LogP contribution in [0.1, 0.15) is 11.8 Å². The molecule has 13 heteroatoms. The summed E-state index contributed by atoms with van der Waals surface area (Å²) in [4.78, 5) is 30.4.